The number of aromatic nitrogens is 1. The minimum atomic E-state index is 1.11. The molecule has 0 aliphatic carbocycles. The second kappa shape index (κ2) is 3.98. The Morgan fingerprint density at radius 3 is 2.57 bits per heavy atom. The van der Waals surface area contributed by atoms with E-state index in [2.05, 4.69) is 54.6 Å². The Labute approximate surface area is 136 Å². The third kappa shape index (κ3) is 1.35. The Bertz CT molecular complexity index is 1360. The van der Waals surface area contributed by atoms with Crippen LogP contribution in [0.4, 0.5) is 0 Å². The van der Waals surface area contributed by atoms with Gasteiger partial charge in [0, 0.05) is 37.1 Å². The highest BCUT2D eigenvalue weighted by Gasteiger charge is 2.17. The van der Waals surface area contributed by atoms with E-state index >= 15 is 0 Å². The fraction of sp³-hybridized carbons (Fsp3) is 0. The van der Waals surface area contributed by atoms with E-state index in [1.807, 2.05) is 23.6 Å². The summed E-state index contributed by atoms with van der Waals surface area (Å²) in [6.45, 7) is 0. The van der Waals surface area contributed by atoms with Gasteiger partial charge in [-0.25, -0.2) is 0 Å². The molecule has 0 saturated heterocycles. The highest BCUT2D eigenvalue weighted by molar-refractivity contribution is 7.27. The number of nitrogens with zero attached hydrogens (tertiary/aromatic N) is 1. The number of rotatable bonds is 0. The van der Waals surface area contributed by atoms with Gasteiger partial charge < -0.3 is 0 Å². The number of hydrogen-bond acceptors (Lipinski definition) is 2. The summed E-state index contributed by atoms with van der Waals surface area (Å²) < 4.78 is 2.75. The van der Waals surface area contributed by atoms with Crippen LogP contribution in [0.5, 0.6) is 0 Å². The molecule has 0 spiro atoms. The summed E-state index contributed by atoms with van der Waals surface area (Å²) in [5.41, 5.74) is 1.11. The molecule has 0 saturated carbocycles. The molecule has 0 N–H and O–H groups in total. The first-order chi connectivity index (χ1) is 11.4. The third-order valence-corrected chi connectivity index (χ3v) is 6.03. The Balaban J connectivity index is 2.13. The minimum Gasteiger partial charge on any atom is -0.256 e. The second-order valence-corrected chi connectivity index (χ2v) is 7.08. The van der Waals surface area contributed by atoms with Crippen LogP contribution < -0.4 is 0 Å². The van der Waals surface area contributed by atoms with Crippen LogP contribution in [0.1, 0.15) is 0 Å². The SMILES string of the molecule is c1ccc2c(c1)cc1c3ncccc3c3cccc4sc2c1c43. The fourth-order valence-electron chi connectivity index (χ4n) is 3.90. The smallest absolute Gasteiger partial charge is 0.0787 e. The molecular weight excluding hydrogens is 298 g/mol. The van der Waals surface area contributed by atoms with Crippen molar-refractivity contribution in [3.63, 3.8) is 0 Å². The quantitative estimate of drug-likeness (QED) is 0.235. The highest BCUT2D eigenvalue weighted by atomic mass is 32.1. The van der Waals surface area contributed by atoms with Gasteiger partial charge in [-0.2, -0.15) is 0 Å². The maximum absolute atomic E-state index is 4.72. The van der Waals surface area contributed by atoms with E-state index in [0.29, 0.717) is 0 Å². The second-order valence-electron chi connectivity index (χ2n) is 6.03. The lowest BCUT2D eigenvalue weighted by molar-refractivity contribution is 1.43. The van der Waals surface area contributed by atoms with Crippen LogP contribution in [0, 0.1) is 0 Å². The zero-order chi connectivity index (χ0) is 15.0. The van der Waals surface area contributed by atoms with Gasteiger partial charge in [-0.3, -0.25) is 4.98 Å². The highest BCUT2D eigenvalue weighted by Crippen LogP contribution is 2.46. The standard InChI is InChI=1S/C21H11NS/c1-2-6-13-12(5-1)11-16-19-18-14(15-8-4-10-22-20(15)16)7-3-9-17(18)23-21(13)19/h1-11H. The molecule has 0 bridgehead atoms. The van der Waals surface area contributed by atoms with Gasteiger partial charge in [0.15, 0.2) is 0 Å². The van der Waals surface area contributed by atoms with Crippen LogP contribution in [-0.4, -0.2) is 4.98 Å². The largest absolute Gasteiger partial charge is 0.256 e. The van der Waals surface area contributed by atoms with Gasteiger partial charge in [0.25, 0.3) is 0 Å². The van der Waals surface area contributed by atoms with Gasteiger partial charge in [-0.05, 0) is 34.4 Å². The predicted molar refractivity (Wildman–Crippen MR) is 101 cm³/mol. The number of hydrogen-bond donors (Lipinski definition) is 0. The molecular formula is C21H11NS. The zero-order valence-corrected chi connectivity index (χ0v) is 13.0. The molecule has 6 rings (SSSR count). The topological polar surface area (TPSA) is 12.9 Å². The van der Waals surface area contributed by atoms with Crippen molar-refractivity contribution in [2.24, 2.45) is 0 Å². The molecule has 2 heterocycles. The first kappa shape index (κ1) is 11.8. The number of benzene rings is 4. The van der Waals surface area contributed by atoms with E-state index in [-0.39, 0.29) is 0 Å². The lowest BCUT2D eigenvalue weighted by atomic mass is 9.95. The van der Waals surface area contributed by atoms with Crippen molar-refractivity contribution in [1.82, 2.24) is 4.98 Å². The molecule has 0 radical (unpaired) electrons. The summed E-state index contributed by atoms with van der Waals surface area (Å²) in [4.78, 5) is 4.72. The van der Waals surface area contributed by atoms with Gasteiger partial charge in [0.2, 0.25) is 0 Å². The summed E-state index contributed by atoms with van der Waals surface area (Å²) in [5, 5.41) is 9.26. The monoisotopic (exact) mass is 309 g/mol. The lowest BCUT2D eigenvalue weighted by Crippen LogP contribution is -1.85. The minimum absolute atomic E-state index is 1.11. The molecule has 0 aliphatic rings. The fourth-order valence-corrected chi connectivity index (χ4v) is 5.19. The molecule has 0 unspecified atom stereocenters. The van der Waals surface area contributed by atoms with Crippen LogP contribution in [0.15, 0.2) is 66.9 Å². The van der Waals surface area contributed by atoms with Crippen LogP contribution in [-0.2, 0) is 0 Å². The first-order valence-electron chi connectivity index (χ1n) is 7.74. The Morgan fingerprint density at radius 1 is 0.696 bits per heavy atom. The molecule has 23 heavy (non-hydrogen) atoms. The molecule has 0 fully saturated rings. The van der Waals surface area contributed by atoms with Gasteiger partial charge in [-0.15, -0.1) is 11.3 Å². The van der Waals surface area contributed by atoms with Gasteiger partial charge in [0.05, 0.1) is 5.52 Å². The molecule has 0 aliphatic heterocycles. The predicted octanol–water partition coefficient (Wildman–Crippen LogP) is 6.35. The van der Waals surface area contributed by atoms with Crippen molar-refractivity contribution in [2.75, 3.05) is 0 Å². The van der Waals surface area contributed by atoms with Crippen molar-refractivity contribution >= 4 is 64.0 Å². The maximum atomic E-state index is 4.72. The van der Waals surface area contributed by atoms with Crippen LogP contribution in [0.25, 0.3) is 52.6 Å². The molecule has 0 amide bonds. The lowest BCUT2D eigenvalue weighted by Gasteiger charge is -2.09. The van der Waals surface area contributed by atoms with E-state index in [1.165, 1.54) is 47.1 Å². The average molecular weight is 309 g/mol. The van der Waals surface area contributed by atoms with Crippen LogP contribution in [0.3, 0.4) is 0 Å². The molecule has 2 heteroatoms. The first-order valence-corrected chi connectivity index (χ1v) is 8.56. The maximum Gasteiger partial charge on any atom is 0.0787 e. The zero-order valence-electron chi connectivity index (χ0n) is 12.2. The molecule has 2 aromatic heterocycles. The summed E-state index contributed by atoms with van der Waals surface area (Å²) in [6.07, 6.45) is 1.90. The third-order valence-electron chi connectivity index (χ3n) is 4.84. The van der Waals surface area contributed by atoms with Gasteiger partial charge in [-0.1, -0.05) is 42.5 Å². The van der Waals surface area contributed by atoms with Gasteiger partial charge >= 0.3 is 0 Å². The molecule has 106 valence electrons. The van der Waals surface area contributed by atoms with Crippen LogP contribution >= 0.6 is 11.3 Å². The van der Waals surface area contributed by atoms with E-state index < -0.39 is 0 Å². The normalized spacial score (nSPS) is 12.3. The van der Waals surface area contributed by atoms with Crippen molar-refractivity contribution < 1.29 is 0 Å². The Kier molecular flexibility index (Phi) is 2.04. The van der Waals surface area contributed by atoms with E-state index in [0.717, 1.165) is 5.52 Å². The number of thiophene rings is 1. The van der Waals surface area contributed by atoms with Crippen molar-refractivity contribution in [1.29, 1.82) is 0 Å². The summed E-state index contributed by atoms with van der Waals surface area (Å²) in [7, 11) is 0. The van der Waals surface area contributed by atoms with Crippen LogP contribution in [0.2, 0.25) is 0 Å². The van der Waals surface area contributed by atoms with E-state index in [4.69, 9.17) is 4.98 Å². The van der Waals surface area contributed by atoms with Crippen molar-refractivity contribution in [3.05, 3.63) is 66.9 Å². The van der Waals surface area contributed by atoms with Gasteiger partial charge in [0.1, 0.15) is 0 Å². The summed E-state index contributed by atoms with van der Waals surface area (Å²) in [5.74, 6) is 0. The van der Waals surface area contributed by atoms with E-state index in [9.17, 15) is 0 Å². The molecule has 1 nitrogen and oxygen atoms in total. The number of pyridine rings is 1. The summed E-state index contributed by atoms with van der Waals surface area (Å²) in [6, 6.07) is 21.9. The average Bonchev–Trinajstić information content (AvgIpc) is 3.01. The Morgan fingerprint density at radius 2 is 1.57 bits per heavy atom. The summed E-state index contributed by atoms with van der Waals surface area (Å²) >= 11 is 1.90. The van der Waals surface area contributed by atoms with Crippen molar-refractivity contribution in [3.8, 4) is 0 Å². The van der Waals surface area contributed by atoms with Crippen molar-refractivity contribution in [2.45, 2.75) is 0 Å². The molecule has 4 aromatic carbocycles. The van der Waals surface area contributed by atoms with E-state index in [1.54, 1.807) is 0 Å². The Hall–Kier alpha value is -2.71. The number of fused-ring (bicyclic) bond motifs is 5. The molecule has 6 aromatic rings. The molecule has 0 atom stereocenters.